The highest BCUT2D eigenvalue weighted by atomic mass is 35.5. The molecule has 0 aliphatic carbocycles. The molecular weight excluding hydrogens is 436 g/mol. The van der Waals surface area contributed by atoms with E-state index in [0.717, 1.165) is 18.2 Å². The average molecular weight is 451 g/mol. The highest BCUT2D eigenvalue weighted by molar-refractivity contribution is 6.33. The molecule has 10 heteroatoms. The van der Waals surface area contributed by atoms with Crippen LogP contribution in [-0.4, -0.2) is 24.6 Å². The molecule has 2 aromatic rings. The van der Waals surface area contributed by atoms with Crippen LogP contribution in [0.5, 0.6) is 11.5 Å². The van der Waals surface area contributed by atoms with E-state index in [1.165, 1.54) is 25.1 Å². The minimum Gasteiger partial charge on any atom is -0.463 e. The van der Waals surface area contributed by atoms with Gasteiger partial charge in [-0.3, -0.25) is 0 Å². The average Bonchev–Trinajstić information content (AvgIpc) is 2.64. The fourth-order valence-electron chi connectivity index (χ4n) is 2.14. The second kappa shape index (κ2) is 9.37. The number of rotatable bonds is 6. The SMILES string of the molecule is CCOC(=O)C(C)OC(=O)c1cc(Oc2ccc(C(F)(F)F)cc2Cl)ccc1Cl. The smallest absolute Gasteiger partial charge is 0.416 e. The van der Waals surface area contributed by atoms with Gasteiger partial charge in [0.2, 0.25) is 0 Å². The third kappa shape index (κ3) is 6.01. The van der Waals surface area contributed by atoms with E-state index in [2.05, 4.69) is 0 Å². The zero-order chi connectivity index (χ0) is 21.8. The van der Waals surface area contributed by atoms with Crippen LogP contribution in [0.25, 0.3) is 0 Å². The van der Waals surface area contributed by atoms with Gasteiger partial charge in [-0.25, -0.2) is 9.59 Å². The first-order chi connectivity index (χ1) is 13.5. The second-order valence-electron chi connectivity index (χ2n) is 5.69. The van der Waals surface area contributed by atoms with E-state index in [0.29, 0.717) is 0 Å². The Morgan fingerprint density at radius 2 is 1.76 bits per heavy atom. The van der Waals surface area contributed by atoms with Crippen LogP contribution in [-0.2, 0) is 20.4 Å². The lowest BCUT2D eigenvalue weighted by Crippen LogP contribution is -2.26. The van der Waals surface area contributed by atoms with Gasteiger partial charge in [0.1, 0.15) is 11.5 Å². The zero-order valence-electron chi connectivity index (χ0n) is 15.2. The second-order valence-corrected chi connectivity index (χ2v) is 6.50. The Labute approximate surface area is 174 Å². The lowest BCUT2D eigenvalue weighted by atomic mass is 10.2. The van der Waals surface area contributed by atoms with Gasteiger partial charge in [-0.1, -0.05) is 23.2 Å². The normalized spacial score (nSPS) is 12.2. The maximum Gasteiger partial charge on any atom is 0.416 e. The van der Waals surface area contributed by atoms with Crippen molar-refractivity contribution >= 4 is 35.1 Å². The van der Waals surface area contributed by atoms with E-state index < -0.39 is 29.8 Å². The molecule has 0 amide bonds. The van der Waals surface area contributed by atoms with Gasteiger partial charge in [0, 0.05) is 0 Å². The number of benzene rings is 2. The molecule has 5 nitrogen and oxygen atoms in total. The van der Waals surface area contributed by atoms with Crippen LogP contribution >= 0.6 is 23.2 Å². The number of hydrogen-bond donors (Lipinski definition) is 0. The van der Waals surface area contributed by atoms with Crippen molar-refractivity contribution in [1.29, 1.82) is 0 Å². The standard InChI is InChI=1S/C19H15Cl2F3O5/c1-3-27-17(25)10(2)28-18(26)13-9-12(5-6-14(13)20)29-16-7-4-11(8-15(16)21)19(22,23)24/h4-10H,3H2,1-2H3. The van der Waals surface area contributed by atoms with Gasteiger partial charge in [-0.05, 0) is 50.2 Å². The van der Waals surface area contributed by atoms with E-state index in [1.54, 1.807) is 6.92 Å². The van der Waals surface area contributed by atoms with Gasteiger partial charge in [0.25, 0.3) is 0 Å². The number of hydrogen-bond acceptors (Lipinski definition) is 5. The van der Waals surface area contributed by atoms with Crippen molar-refractivity contribution in [3.05, 3.63) is 57.6 Å². The number of esters is 2. The minimum absolute atomic E-state index is 0.0249. The summed E-state index contributed by atoms with van der Waals surface area (Å²) in [6, 6.07) is 6.54. The molecule has 156 valence electrons. The molecule has 2 rings (SSSR count). The van der Waals surface area contributed by atoms with Gasteiger partial charge in [-0.15, -0.1) is 0 Å². The third-order valence-corrected chi connectivity index (χ3v) is 4.17. The molecule has 0 aromatic heterocycles. The summed E-state index contributed by atoms with van der Waals surface area (Å²) in [4.78, 5) is 23.9. The summed E-state index contributed by atoms with van der Waals surface area (Å²) in [6.45, 7) is 3.07. The molecule has 29 heavy (non-hydrogen) atoms. The van der Waals surface area contributed by atoms with Crippen LogP contribution in [0.15, 0.2) is 36.4 Å². The van der Waals surface area contributed by atoms with Crippen molar-refractivity contribution in [2.45, 2.75) is 26.1 Å². The number of ether oxygens (including phenoxy) is 3. The predicted molar refractivity (Wildman–Crippen MR) is 99.5 cm³/mol. The van der Waals surface area contributed by atoms with Crippen LogP contribution in [0.4, 0.5) is 13.2 Å². The van der Waals surface area contributed by atoms with Crippen molar-refractivity contribution in [2.75, 3.05) is 6.61 Å². The molecule has 2 aromatic carbocycles. The molecule has 1 atom stereocenters. The maximum absolute atomic E-state index is 12.7. The summed E-state index contributed by atoms with van der Waals surface area (Å²) in [5.74, 6) is -1.60. The van der Waals surface area contributed by atoms with Crippen molar-refractivity contribution < 1.29 is 37.0 Å². The molecule has 0 aliphatic heterocycles. The first kappa shape index (κ1) is 22.8. The lowest BCUT2D eigenvalue weighted by molar-refractivity contribution is -0.152. The fraction of sp³-hybridized carbons (Fsp3) is 0.263. The topological polar surface area (TPSA) is 61.8 Å². The summed E-state index contributed by atoms with van der Waals surface area (Å²) in [6.07, 6.45) is -5.71. The van der Waals surface area contributed by atoms with Gasteiger partial charge >= 0.3 is 18.1 Å². The first-order valence-corrected chi connectivity index (χ1v) is 9.00. The Balaban J connectivity index is 2.21. The van der Waals surface area contributed by atoms with E-state index in [1.807, 2.05) is 0 Å². The predicted octanol–water partition coefficient (Wildman–Crippen LogP) is 5.91. The van der Waals surface area contributed by atoms with Gasteiger partial charge in [0.15, 0.2) is 6.10 Å². The van der Waals surface area contributed by atoms with Crippen LogP contribution in [0.2, 0.25) is 10.0 Å². The molecule has 0 aliphatic rings. The van der Waals surface area contributed by atoms with Crippen LogP contribution in [0.1, 0.15) is 29.8 Å². The van der Waals surface area contributed by atoms with Gasteiger partial charge in [0.05, 0.1) is 27.8 Å². The molecular formula is C19H15Cl2F3O5. The molecule has 1 unspecified atom stereocenters. The molecule has 0 fully saturated rings. The van der Waals surface area contributed by atoms with Gasteiger partial charge in [-0.2, -0.15) is 13.2 Å². The molecule has 0 radical (unpaired) electrons. The largest absolute Gasteiger partial charge is 0.463 e. The summed E-state index contributed by atoms with van der Waals surface area (Å²) in [5.41, 5.74) is -1.04. The minimum atomic E-state index is -4.55. The van der Waals surface area contributed by atoms with Crippen molar-refractivity contribution in [3.63, 3.8) is 0 Å². The van der Waals surface area contributed by atoms with Crippen molar-refractivity contribution in [2.24, 2.45) is 0 Å². The number of carbonyl (C=O) groups is 2. The van der Waals surface area contributed by atoms with Crippen molar-refractivity contribution in [3.8, 4) is 11.5 Å². The zero-order valence-corrected chi connectivity index (χ0v) is 16.7. The molecule has 0 saturated heterocycles. The first-order valence-electron chi connectivity index (χ1n) is 8.24. The quantitative estimate of drug-likeness (QED) is 0.511. The van der Waals surface area contributed by atoms with E-state index in [9.17, 15) is 22.8 Å². The van der Waals surface area contributed by atoms with Crippen LogP contribution in [0.3, 0.4) is 0 Å². The van der Waals surface area contributed by atoms with Gasteiger partial charge < -0.3 is 14.2 Å². The van der Waals surface area contributed by atoms with Crippen molar-refractivity contribution in [1.82, 2.24) is 0 Å². The summed E-state index contributed by atoms with van der Waals surface area (Å²) >= 11 is 11.9. The number of carbonyl (C=O) groups excluding carboxylic acids is 2. The van der Waals surface area contributed by atoms with Crippen LogP contribution in [0, 0.1) is 0 Å². The Morgan fingerprint density at radius 1 is 1.07 bits per heavy atom. The lowest BCUT2D eigenvalue weighted by Gasteiger charge is -2.14. The van der Waals surface area contributed by atoms with E-state index in [4.69, 9.17) is 37.4 Å². The number of alkyl halides is 3. The molecule has 0 spiro atoms. The Morgan fingerprint density at radius 3 is 2.34 bits per heavy atom. The Hall–Kier alpha value is -2.45. The highest BCUT2D eigenvalue weighted by Gasteiger charge is 2.31. The summed E-state index contributed by atoms with van der Waals surface area (Å²) < 4.78 is 53.4. The molecule has 0 bridgehead atoms. The molecule has 0 heterocycles. The summed E-state index contributed by atoms with van der Waals surface area (Å²) in [5, 5.41) is -0.244. The fourth-order valence-corrected chi connectivity index (χ4v) is 2.56. The van der Waals surface area contributed by atoms with E-state index >= 15 is 0 Å². The molecule has 0 N–H and O–H groups in total. The van der Waals surface area contributed by atoms with E-state index in [-0.39, 0.29) is 33.7 Å². The third-order valence-electron chi connectivity index (χ3n) is 3.55. The van der Waals surface area contributed by atoms with Crippen LogP contribution < -0.4 is 4.74 Å². The number of halogens is 5. The Bertz CT molecular complexity index is 915. The Kier molecular flexibility index (Phi) is 7.37. The molecule has 0 saturated carbocycles. The monoisotopic (exact) mass is 450 g/mol. The summed E-state index contributed by atoms with van der Waals surface area (Å²) in [7, 11) is 0. The maximum atomic E-state index is 12.7. The highest BCUT2D eigenvalue weighted by Crippen LogP contribution is 2.37.